The largest absolute Gasteiger partial charge is 0.287 e. The molecule has 1 rings (SSSR count). The molecule has 0 aliphatic carbocycles. The Morgan fingerprint density at radius 2 is 2.18 bits per heavy atom. The molecule has 1 amide bonds. The van der Waals surface area contributed by atoms with Crippen LogP contribution in [-0.2, 0) is 4.79 Å². The van der Waals surface area contributed by atoms with Crippen LogP contribution in [0.5, 0.6) is 0 Å². The molecule has 0 spiro atoms. The SMILES string of the molecule is CCC(C)CCC(=O)Sc1cc(C(=O)N=[N+]=[N-])c(F)cc1Cl. The summed E-state index contributed by atoms with van der Waals surface area (Å²) in [7, 11) is 0. The minimum Gasteiger partial charge on any atom is -0.287 e. The van der Waals surface area contributed by atoms with E-state index in [1.54, 1.807) is 0 Å². The van der Waals surface area contributed by atoms with Gasteiger partial charge in [-0.1, -0.05) is 43.6 Å². The van der Waals surface area contributed by atoms with Crippen molar-refractivity contribution in [3.8, 4) is 0 Å². The standard InChI is InChI=1S/C14H15ClFN3O2S/c1-3-8(2)4-5-13(20)22-12-6-9(14(21)18-19-17)11(16)7-10(12)15/h6-8H,3-5H2,1-2H3. The van der Waals surface area contributed by atoms with Crippen molar-refractivity contribution in [1.82, 2.24) is 0 Å². The zero-order valence-electron chi connectivity index (χ0n) is 12.2. The fraction of sp³-hybridized carbons (Fsp3) is 0.429. The maximum Gasteiger partial charge on any atom is 0.252 e. The average Bonchev–Trinajstić information content (AvgIpc) is 2.47. The summed E-state index contributed by atoms with van der Waals surface area (Å²) in [6.45, 7) is 4.10. The van der Waals surface area contributed by atoms with Crippen molar-refractivity contribution in [1.29, 1.82) is 0 Å². The quantitative estimate of drug-likeness (QED) is 0.301. The van der Waals surface area contributed by atoms with Crippen LogP contribution in [0.2, 0.25) is 5.02 Å². The minimum atomic E-state index is -1.05. The van der Waals surface area contributed by atoms with Gasteiger partial charge in [0.1, 0.15) is 5.82 Å². The molecule has 0 aromatic heterocycles. The van der Waals surface area contributed by atoms with Gasteiger partial charge >= 0.3 is 0 Å². The van der Waals surface area contributed by atoms with E-state index in [1.165, 1.54) is 0 Å². The molecular weight excluding hydrogens is 329 g/mol. The molecule has 118 valence electrons. The molecule has 1 aromatic carbocycles. The second-order valence-electron chi connectivity index (χ2n) is 4.78. The van der Waals surface area contributed by atoms with Crippen LogP contribution < -0.4 is 0 Å². The highest BCUT2D eigenvalue weighted by atomic mass is 35.5. The van der Waals surface area contributed by atoms with Crippen LogP contribution >= 0.6 is 23.4 Å². The third-order valence-electron chi connectivity index (χ3n) is 3.15. The van der Waals surface area contributed by atoms with Gasteiger partial charge < -0.3 is 0 Å². The fourth-order valence-corrected chi connectivity index (χ4v) is 2.67. The molecule has 5 nitrogen and oxygen atoms in total. The predicted molar refractivity (Wildman–Crippen MR) is 84.4 cm³/mol. The minimum absolute atomic E-state index is 0.0388. The van der Waals surface area contributed by atoms with Gasteiger partial charge in [-0.15, -0.1) is 0 Å². The lowest BCUT2D eigenvalue weighted by atomic mass is 10.0. The highest BCUT2D eigenvalue weighted by Gasteiger charge is 2.17. The number of thioether (sulfide) groups is 1. The summed E-state index contributed by atoms with van der Waals surface area (Å²) in [4.78, 5) is 26.0. The molecule has 22 heavy (non-hydrogen) atoms. The molecule has 0 saturated carbocycles. The van der Waals surface area contributed by atoms with Crippen LogP contribution in [0.1, 0.15) is 43.5 Å². The van der Waals surface area contributed by atoms with Crippen molar-refractivity contribution in [2.24, 2.45) is 11.0 Å². The highest BCUT2D eigenvalue weighted by molar-refractivity contribution is 8.13. The van der Waals surface area contributed by atoms with E-state index in [2.05, 4.69) is 16.9 Å². The zero-order valence-corrected chi connectivity index (χ0v) is 13.7. The number of rotatable bonds is 6. The lowest BCUT2D eigenvalue weighted by Crippen LogP contribution is -2.01. The van der Waals surface area contributed by atoms with Gasteiger partial charge in [-0.2, -0.15) is 0 Å². The number of azide groups is 1. The van der Waals surface area contributed by atoms with Gasteiger partial charge in [-0.3, -0.25) is 9.59 Å². The normalized spacial score (nSPS) is 11.6. The van der Waals surface area contributed by atoms with E-state index >= 15 is 0 Å². The zero-order chi connectivity index (χ0) is 16.7. The van der Waals surface area contributed by atoms with Crippen molar-refractivity contribution in [2.45, 2.75) is 38.0 Å². The summed E-state index contributed by atoms with van der Waals surface area (Å²) >= 11 is 6.75. The van der Waals surface area contributed by atoms with Crippen LogP contribution in [0.25, 0.3) is 10.4 Å². The number of hydrogen-bond donors (Lipinski definition) is 0. The summed E-state index contributed by atoms with van der Waals surface area (Å²) in [5.74, 6) is -1.50. The number of nitrogens with zero attached hydrogens (tertiary/aromatic N) is 3. The molecular formula is C14H15ClFN3O2S. The van der Waals surface area contributed by atoms with E-state index < -0.39 is 17.3 Å². The molecule has 0 bridgehead atoms. The van der Waals surface area contributed by atoms with Gasteiger partial charge in [-0.05, 0) is 35.1 Å². The predicted octanol–water partition coefficient (Wildman–Crippen LogP) is 5.37. The number of carbonyl (C=O) groups is 2. The van der Waals surface area contributed by atoms with E-state index in [9.17, 15) is 14.0 Å². The summed E-state index contributed by atoms with van der Waals surface area (Å²) < 4.78 is 13.7. The van der Waals surface area contributed by atoms with Crippen molar-refractivity contribution < 1.29 is 14.0 Å². The van der Waals surface area contributed by atoms with Crippen LogP contribution in [0.3, 0.4) is 0 Å². The third-order valence-corrected chi connectivity index (χ3v) is 4.56. The Balaban J connectivity index is 2.90. The smallest absolute Gasteiger partial charge is 0.252 e. The monoisotopic (exact) mass is 343 g/mol. The van der Waals surface area contributed by atoms with E-state index in [-0.39, 0.29) is 15.0 Å². The van der Waals surface area contributed by atoms with Gasteiger partial charge in [0.15, 0.2) is 5.12 Å². The van der Waals surface area contributed by atoms with Crippen LogP contribution in [-0.4, -0.2) is 11.0 Å². The Kier molecular flexibility index (Phi) is 7.38. The Morgan fingerprint density at radius 1 is 1.50 bits per heavy atom. The third kappa shape index (κ3) is 5.33. The summed E-state index contributed by atoms with van der Waals surface area (Å²) in [6, 6.07) is 2.08. The first kappa shape index (κ1) is 18.5. The Hall–Kier alpha value is -1.56. The summed E-state index contributed by atoms with van der Waals surface area (Å²) in [5.41, 5.74) is 7.83. The number of amides is 1. The van der Waals surface area contributed by atoms with Crippen LogP contribution in [0.15, 0.2) is 22.1 Å². The van der Waals surface area contributed by atoms with Crippen molar-refractivity contribution in [3.63, 3.8) is 0 Å². The van der Waals surface area contributed by atoms with Crippen molar-refractivity contribution >= 4 is 34.4 Å². The molecule has 0 saturated heterocycles. The number of benzene rings is 1. The van der Waals surface area contributed by atoms with Gasteiger partial charge in [-0.25, -0.2) is 4.39 Å². The fourth-order valence-electron chi connectivity index (χ4n) is 1.61. The van der Waals surface area contributed by atoms with E-state index in [4.69, 9.17) is 17.1 Å². The van der Waals surface area contributed by atoms with E-state index in [0.717, 1.165) is 36.7 Å². The Labute approximate surface area is 136 Å². The average molecular weight is 344 g/mol. The molecule has 0 radical (unpaired) electrons. The van der Waals surface area contributed by atoms with E-state index in [1.807, 2.05) is 6.92 Å². The summed E-state index contributed by atoms with van der Waals surface area (Å²) in [5, 5.41) is 2.76. The van der Waals surface area contributed by atoms with Crippen molar-refractivity contribution in [3.05, 3.63) is 39.0 Å². The molecule has 1 aromatic rings. The first-order chi connectivity index (χ1) is 10.4. The second-order valence-corrected chi connectivity index (χ2v) is 6.29. The van der Waals surface area contributed by atoms with Gasteiger partial charge in [0.25, 0.3) is 5.91 Å². The molecule has 0 fully saturated rings. The second kappa shape index (κ2) is 8.78. The first-order valence-corrected chi connectivity index (χ1v) is 7.87. The number of halogens is 2. The lowest BCUT2D eigenvalue weighted by molar-refractivity contribution is -0.111. The molecule has 8 heteroatoms. The lowest BCUT2D eigenvalue weighted by Gasteiger charge is -2.08. The maximum absolute atomic E-state index is 13.7. The molecule has 0 aliphatic heterocycles. The molecule has 0 heterocycles. The van der Waals surface area contributed by atoms with Crippen LogP contribution in [0, 0.1) is 11.7 Å². The first-order valence-electron chi connectivity index (χ1n) is 6.68. The van der Waals surface area contributed by atoms with Gasteiger partial charge in [0.2, 0.25) is 0 Å². The maximum atomic E-state index is 13.7. The Morgan fingerprint density at radius 3 is 2.77 bits per heavy atom. The number of carbonyl (C=O) groups excluding carboxylic acids is 2. The molecule has 0 aliphatic rings. The number of hydrogen-bond acceptors (Lipinski definition) is 3. The van der Waals surface area contributed by atoms with Crippen molar-refractivity contribution in [2.75, 3.05) is 0 Å². The van der Waals surface area contributed by atoms with Gasteiger partial charge in [0.05, 0.1) is 10.6 Å². The van der Waals surface area contributed by atoms with Gasteiger partial charge in [0, 0.05) is 16.2 Å². The van der Waals surface area contributed by atoms with E-state index in [0.29, 0.717) is 12.3 Å². The molecule has 1 atom stereocenters. The molecule has 0 N–H and O–H groups in total. The summed E-state index contributed by atoms with van der Waals surface area (Å²) in [6.07, 6.45) is 2.11. The Bertz CT molecular complexity index is 633. The van der Waals surface area contributed by atoms with Crippen LogP contribution in [0.4, 0.5) is 4.39 Å². The molecule has 1 unspecified atom stereocenters. The highest BCUT2D eigenvalue weighted by Crippen LogP contribution is 2.32. The topological polar surface area (TPSA) is 82.9 Å².